The van der Waals surface area contributed by atoms with Crippen molar-refractivity contribution in [3.05, 3.63) is 34.6 Å². The summed E-state index contributed by atoms with van der Waals surface area (Å²) in [6.07, 6.45) is 0.0278. The SMILES string of the molecule is CCC(c1ccc(C(N)=O)c(F)c1C=O)S(=O)(=O)O. The van der Waals surface area contributed by atoms with Gasteiger partial charge in [-0.2, -0.15) is 8.42 Å². The maximum absolute atomic E-state index is 13.9. The average Bonchev–Trinajstić information content (AvgIpc) is 2.27. The van der Waals surface area contributed by atoms with Crippen molar-refractivity contribution < 1.29 is 27.0 Å². The quantitative estimate of drug-likeness (QED) is 0.621. The Morgan fingerprint density at radius 3 is 2.47 bits per heavy atom. The first-order valence-corrected chi connectivity index (χ1v) is 6.78. The third-order valence-electron chi connectivity index (χ3n) is 2.67. The van der Waals surface area contributed by atoms with Gasteiger partial charge in [0.25, 0.3) is 16.0 Å². The smallest absolute Gasteiger partial charge is 0.272 e. The second kappa shape index (κ2) is 5.45. The van der Waals surface area contributed by atoms with Crippen LogP contribution in [-0.4, -0.2) is 25.2 Å². The Bertz CT molecular complexity index is 626. The van der Waals surface area contributed by atoms with Gasteiger partial charge in [-0.3, -0.25) is 14.1 Å². The first-order chi connectivity index (χ1) is 8.73. The summed E-state index contributed by atoms with van der Waals surface area (Å²) in [7, 11) is -4.49. The molecule has 8 heteroatoms. The number of hydrogen-bond acceptors (Lipinski definition) is 4. The van der Waals surface area contributed by atoms with E-state index < -0.39 is 38.2 Å². The molecule has 1 amide bonds. The van der Waals surface area contributed by atoms with E-state index in [0.717, 1.165) is 12.1 Å². The van der Waals surface area contributed by atoms with Gasteiger partial charge >= 0.3 is 0 Å². The topological polar surface area (TPSA) is 115 Å². The molecule has 0 bridgehead atoms. The standard InChI is InChI=1S/C11H12FNO5S/c1-2-9(19(16,17)18)6-3-4-7(11(13)15)10(12)8(6)5-14/h3-5,9H,2H2,1H3,(H2,13,15)(H,16,17,18). The number of benzene rings is 1. The van der Waals surface area contributed by atoms with Gasteiger partial charge in [0.2, 0.25) is 0 Å². The molecular formula is C11H12FNO5S. The number of primary amides is 1. The highest BCUT2D eigenvalue weighted by Gasteiger charge is 2.28. The molecule has 0 spiro atoms. The van der Waals surface area contributed by atoms with E-state index in [9.17, 15) is 22.4 Å². The molecule has 1 unspecified atom stereocenters. The van der Waals surface area contributed by atoms with Crippen molar-refractivity contribution >= 4 is 22.3 Å². The molecule has 1 rings (SSSR count). The number of carbonyl (C=O) groups excluding carboxylic acids is 2. The van der Waals surface area contributed by atoms with Crippen LogP contribution in [0.1, 0.15) is 44.9 Å². The second-order valence-corrected chi connectivity index (χ2v) is 5.42. The summed E-state index contributed by atoms with van der Waals surface area (Å²) in [6, 6.07) is 2.07. The van der Waals surface area contributed by atoms with E-state index in [1.807, 2.05) is 0 Å². The van der Waals surface area contributed by atoms with Gasteiger partial charge in [-0.05, 0) is 18.1 Å². The maximum Gasteiger partial charge on any atom is 0.272 e. The van der Waals surface area contributed by atoms with E-state index in [0.29, 0.717) is 0 Å². The van der Waals surface area contributed by atoms with E-state index in [2.05, 4.69) is 0 Å². The summed E-state index contributed by atoms with van der Waals surface area (Å²) >= 11 is 0. The normalized spacial score (nSPS) is 13.0. The summed E-state index contributed by atoms with van der Waals surface area (Å²) in [5.41, 5.74) is 3.60. The molecule has 0 saturated carbocycles. The van der Waals surface area contributed by atoms with Crippen LogP contribution in [0.2, 0.25) is 0 Å². The number of halogens is 1. The van der Waals surface area contributed by atoms with Crippen LogP contribution in [0.3, 0.4) is 0 Å². The number of carbonyl (C=O) groups is 2. The lowest BCUT2D eigenvalue weighted by atomic mass is 9.99. The predicted molar refractivity (Wildman–Crippen MR) is 64.9 cm³/mol. The summed E-state index contributed by atoms with van der Waals surface area (Å²) in [5, 5.41) is -1.44. The largest absolute Gasteiger partial charge is 0.366 e. The van der Waals surface area contributed by atoms with Gasteiger partial charge in [-0.1, -0.05) is 13.0 Å². The van der Waals surface area contributed by atoms with Crippen molar-refractivity contribution in [1.29, 1.82) is 0 Å². The highest BCUT2D eigenvalue weighted by Crippen LogP contribution is 2.29. The third kappa shape index (κ3) is 2.96. The van der Waals surface area contributed by atoms with Crippen molar-refractivity contribution in [2.45, 2.75) is 18.6 Å². The maximum atomic E-state index is 13.9. The number of nitrogens with two attached hydrogens (primary N) is 1. The average molecular weight is 289 g/mol. The highest BCUT2D eigenvalue weighted by atomic mass is 32.2. The molecule has 3 N–H and O–H groups in total. The molecular weight excluding hydrogens is 277 g/mol. The minimum absolute atomic E-state index is 0.0605. The van der Waals surface area contributed by atoms with E-state index in [1.165, 1.54) is 6.92 Å². The Balaban J connectivity index is 3.58. The summed E-state index contributed by atoms with van der Waals surface area (Å²) in [4.78, 5) is 21.8. The van der Waals surface area contributed by atoms with Crippen LogP contribution in [0.25, 0.3) is 0 Å². The van der Waals surface area contributed by atoms with Gasteiger partial charge in [0, 0.05) is 0 Å². The minimum Gasteiger partial charge on any atom is -0.366 e. The molecule has 6 nitrogen and oxygen atoms in total. The molecule has 0 saturated heterocycles. The number of rotatable bonds is 5. The zero-order valence-electron chi connectivity index (χ0n) is 9.96. The molecule has 0 fully saturated rings. The molecule has 1 aromatic carbocycles. The van der Waals surface area contributed by atoms with Crippen LogP contribution in [0.5, 0.6) is 0 Å². The monoisotopic (exact) mass is 289 g/mol. The predicted octanol–water partition coefficient (Wildman–Crippen LogP) is 1.08. The molecule has 104 valence electrons. The Labute approximate surface area is 109 Å². The zero-order valence-corrected chi connectivity index (χ0v) is 10.8. The molecule has 1 atom stereocenters. The summed E-state index contributed by atoms with van der Waals surface area (Å²) < 4.78 is 45.3. The van der Waals surface area contributed by atoms with Crippen molar-refractivity contribution in [2.75, 3.05) is 0 Å². The fourth-order valence-corrected chi connectivity index (χ4v) is 2.74. The zero-order chi connectivity index (χ0) is 14.8. The fourth-order valence-electron chi connectivity index (χ4n) is 1.79. The van der Waals surface area contributed by atoms with Crippen LogP contribution in [0, 0.1) is 5.82 Å². The van der Waals surface area contributed by atoms with E-state index in [1.54, 1.807) is 0 Å². The molecule has 0 radical (unpaired) electrons. The summed E-state index contributed by atoms with van der Waals surface area (Å²) in [6.45, 7) is 1.45. The van der Waals surface area contributed by atoms with Crippen LogP contribution in [0.4, 0.5) is 4.39 Å². The Morgan fingerprint density at radius 2 is 2.11 bits per heavy atom. The van der Waals surface area contributed by atoms with E-state index >= 15 is 0 Å². The van der Waals surface area contributed by atoms with Crippen LogP contribution >= 0.6 is 0 Å². The number of aldehydes is 1. The van der Waals surface area contributed by atoms with E-state index in [4.69, 9.17) is 10.3 Å². The van der Waals surface area contributed by atoms with Gasteiger partial charge in [-0.15, -0.1) is 0 Å². The molecule has 19 heavy (non-hydrogen) atoms. The van der Waals surface area contributed by atoms with Crippen LogP contribution in [-0.2, 0) is 10.1 Å². The Kier molecular flexibility index (Phi) is 4.38. The van der Waals surface area contributed by atoms with Gasteiger partial charge in [0.05, 0.1) is 11.1 Å². The third-order valence-corrected chi connectivity index (χ3v) is 3.98. The van der Waals surface area contributed by atoms with E-state index in [-0.39, 0.29) is 18.3 Å². The van der Waals surface area contributed by atoms with Crippen molar-refractivity contribution in [2.24, 2.45) is 5.73 Å². The number of amides is 1. The highest BCUT2D eigenvalue weighted by molar-refractivity contribution is 7.86. The van der Waals surface area contributed by atoms with Gasteiger partial charge < -0.3 is 5.73 Å². The van der Waals surface area contributed by atoms with Crippen LogP contribution in [0.15, 0.2) is 12.1 Å². The molecule has 1 aromatic rings. The van der Waals surface area contributed by atoms with Crippen molar-refractivity contribution in [3.63, 3.8) is 0 Å². The Morgan fingerprint density at radius 1 is 1.53 bits per heavy atom. The second-order valence-electron chi connectivity index (χ2n) is 3.82. The summed E-state index contributed by atoms with van der Waals surface area (Å²) in [5.74, 6) is -2.27. The lowest BCUT2D eigenvalue weighted by molar-refractivity contribution is 0.0996. The van der Waals surface area contributed by atoms with Gasteiger partial charge in [0.15, 0.2) is 6.29 Å². The van der Waals surface area contributed by atoms with Crippen LogP contribution < -0.4 is 5.73 Å². The molecule has 0 heterocycles. The molecule has 0 aliphatic rings. The van der Waals surface area contributed by atoms with Gasteiger partial charge in [0.1, 0.15) is 11.1 Å². The van der Waals surface area contributed by atoms with Gasteiger partial charge in [-0.25, -0.2) is 4.39 Å². The molecule has 0 aliphatic heterocycles. The Hall–Kier alpha value is -1.80. The first kappa shape index (κ1) is 15.3. The fraction of sp³-hybridized carbons (Fsp3) is 0.273. The van der Waals surface area contributed by atoms with Crippen molar-refractivity contribution in [1.82, 2.24) is 0 Å². The number of hydrogen-bond donors (Lipinski definition) is 2. The first-order valence-electron chi connectivity index (χ1n) is 5.27. The molecule has 0 aromatic heterocycles. The van der Waals surface area contributed by atoms with Crippen molar-refractivity contribution in [3.8, 4) is 0 Å². The molecule has 0 aliphatic carbocycles. The lowest BCUT2D eigenvalue weighted by Crippen LogP contribution is -2.18. The lowest BCUT2D eigenvalue weighted by Gasteiger charge is -2.15. The minimum atomic E-state index is -4.49.